The van der Waals surface area contributed by atoms with Crippen LogP contribution >= 0.6 is 0 Å². The number of benzene rings is 1. The number of piperidine rings is 1. The highest BCUT2D eigenvalue weighted by atomic mass is 19.1. The molecule has 10 heteroatoms. The number of likely N-dealkylation sites (tertiary alicyclic amines) is 1. The van der Waals surface area contributed by atoms with Gasteiger partial charge in [0.05, 0.1) is 29.6 Å². The Bertz CT molecular complexity index is 1230. The molecule has 1 aliphatic rings. The normalized spacial score (nSPS) is 18.7. The minimum atomic E-state index is -1.19. The number of ether oxygens (including phenoxy) is 1. The maximum Gasteiger partial charge on any atom is 0.410 e. The van der Waals surface area contributed by atoms with E-state index in [-0.39, 0.29) is 31.2 Å². The van der Waals surface area contributed by atoms with E-state index in [4.69, 9.17) is 10.5 Å². The maximum atomic E-state index is 14.4. The van der Waals surface area contributed by atoms with Crippen molar-refractivity contribution in [2.75, 3.05) is 24.1 Å². The van der Waals surface area contributed by atoms with Crippen LogP contribution in [0.25, 0.3) is 22.3 Å². The van der Waals surface area contributed by atoms with Crippen LogP contribution in [0.15, 0.2) is 30.5 Å². The third kappa shape index (κ3) is 5.32. The molecule has 0 radical (unpaired) electrons. The van der Waals surface area contributed by atoms with Gasteiger partial charge < -0.3 is 20.7 Å². The second kappa shape index (κ2) is 9.00. The van der Waals surface area contributed by atoms with Crippen LogP contribution in [-0.2, 0) is 4.74 Å². The lowest BCUT2D eigenvalue weighted by molar-refractivity contribution is 0.0124. The van der Waals surface area contributed by atoms with Crippen molar-refractivity contribution < 1.29 is 18.3 Å². The molecule has 4 rings (SSSR count). The second-order valence-electron chi connectivity index (χ2n) is 9.55. The van der Waals surface area contributed by atoms with Gasteiger partial charge in [0.15, 0.2) is 0 Å². The lowest BCUT2D eigenvalue weighted by Gasteiger charge is -2.36. The Balaban J connectivity index is 1.54. The molecule has 0 saturated carbocycles. The number of amides is 1. The number of fused-ring (bicyclic) bond motifs is 1. The maximum absolute atomic E-state index is 14.4. The van der Waals surface area contributed by atoms with Crippen LogP contribution in [0.2, 0.25) is 0 Å². The van der Waals surface area contributed by atoms with Crippen molar-refractivity contribution in [3.05, 3.63) is 41.8 Å². The molecule has 1 aromatic carbocycles. The summed E-state index contributed by atoms with van der Waals surface area (Å²) in [6.45, 7) is 7.45. The molecule has 3 aromatic rings. The fourth-order valence-electron chi connectivity index (χ4n) is 3.89. The number of nitrogen functional groups attached to an aromatic ring is 1. The van der Waals surface area contributed by atoms with Gasteiger partial charge in [-0.25, -0.2) is 28.5 Å². The molecule has 0 spiro atoms. The number of alkyl halides is 1. The Morgan fingerprint density at radius 1 is 1.24 bits per heavy atom. The van der Waals surface area contributed by atoms with Crippen LogP contribution in [0, 0.1) is 12.7 Å². The minimum absolute atomic E-state index is 0.0107. The average Bonchev–Trinajstić information content (AvgIpc) is 2.74. The number of anilines is 2. The molecule has 3 heterocycles. The summed E-state index contributed by atoms with van der Waals surface area (Å²) in [6, 6.07) is 5.98. The van der Waals surface area contributed by atoms with E-state index in [1.807, 2.05) is 13.0 Å². The van der Waals surface area contributed by atoms with E-state index in [1.54, 1.807) is 33.0 Å². The number of aromatic nitrogens is 3. The number of aryl methyl sites for hydroxylation is 1. The number of nitrogens with one attached hydrogen (secondary N) is 1. The molecule has 1 amide bonds. The number of carbonyl (C=O) groups is 1. The van der Waals surface area contributed by atoms with Crippen molar-refractivity contribution in [3.63, 3.8) is 0 Å². The van der Waals surface area contributed by atoms with E-state index in [0.29, 0.717) is 28.2 Å². The molecule has 0 aliphatic carbocycles. The number of halogens is 2. The van der Waals surface area contributed by atoms with E-state index < -0.39 is 23.7 Å². The number of rotatable bonds is 3. The number of hydrogen-bond donors (Lipinski definition) is 2. The van der Waals surface area contributed by atoms with E-state index in [9.17, 15) is 13.6 Å². The summed E-state index contributed by atoms with van der Waals surface area (Å²) < 4.78 is 33.7. The largest absolute Gasteiger partial charge is 0.444 e. The summed E-state index contributed by atoms with van der Waals surface area (Å²) in [6.07, 6.45) is 0.0498. The van der Waals surface area contributed by atoms with Crippen molar-refractivity contribution in [2.45, 2.75) is 51.9 Å². The highest BCUT2D eigenvalue weighted by molar-refractivity contribution is 5.82. The van der Waals surface area contributed by atoms with E-state index in [1.165, 1.54) is 17.0 Å². The van der Waals surface area contributed by atoms with E-state index in [0.717, 1.165) is 5.56 Å². The quantitative estimate of drug-likeness (QED) is 0.544. The van der Waals surface area contributed by atoms with Gasteiger partial charge in [-0.1, -0.05) is 6.07 Å². The van der Waals surface area contributed by atoms with Gasteiger partial charge in [0, 0.05) is 24.6 Å². The molecule has 3 N–H and O–H groups in total. The first-order valence-corrected chi connectivity index (χ1v) is 11.1. The van der Waals surface area contributed by atoms with Gasteiger partial charge in [-0.15, -0.1) is 0 Å². The van der Waals surface area contributed by atoms with Crippen molar-refractivity contribution in [1.29, 1.82) is 0 Å². The molecule has 8 nitrogen and oxygen atoms in total. The van der Waals surface area contributed by atoms with Gasteiger partial charge in [-0.3, -0.25) is 0 Å². The Morgan fingerprint density at radius 2 is 2.00 bits per heavy atom. The van der Waals surface area contributed by atoms with E-state index >= 15 is 0 Å². The number of pyridine rings is 1. The summed E-state index contributed by atoms with van der Waals surface area (Å²) in [7, 11) is 0. The monoisotopic (exact) mass is 470 g/mol. The summed E-state index contributed by atoms with van der Waals surface area (Å²) >= 11 is 0. The molecular formula is C24H28F2N6O2. The Hall–Kier alpha value is -3.56. The molecule has 0 unspecified atom stereocenters. The standard InChI is InChI=1S/C24H28F2N6O2/c1-13-7-19(14-5-6-18(27)17(26)8-14)30-20-10-28-22(31-21(13)20)29-16-9-15(25)11-32(12-16)23(33)34-24(2,3)4/h5-8,10,15-16H,9,11-12,27H2,1-4H3,(H,28,29,31)/t15-,16-/m0/s1. The SMILES string of the molecule is Cc1cc(-c2ccc(N)c(F)c2)nc2cnc(N[C@H]3C[C@H](F)CN(C(=O)OC(C)(C)C)C3)nc12. The van der Waals surface area contributed by atoms with Gasteiger partial charge in [0.2, 0.25) is 5.95 Å². The highest BCUT2D eigenvalue weighted by Crippen LogP contribution is 2.26. The first-order valence-electron chi connectivity index (χ1n) is 11.1. The fraction of sp³-hybridized carbons (Fsp3) is 0.417. The van der Waals surface area contributed by atoms with Crippen LogP contribution in [0.5, 0.6) is 0 Å². The van der Waals surface area contributed by atoms with Crippen molar-refractivity contribution >= 4 is 28.8 Å². The second-order valence-corrected chi connectivity index (χ2v) is 9.55. The van der Waals surface area contributed by atoms with Gasteiger partial charge in [-0.2, -0.15) is 0 Å². The van der Waals surface area contributed by atoms with Gasteiger partial charge in [0.25, 0.3) is 0 Å². The molecular weight excluding hydrogens is 442 g/mol. The number of carbonyl (C=O) groups excluding carboxylic acids is 1. The van der Waals surface area contributed by atoms with Crippen LogP contribution in [0.1, 0.15) is 32.8 Å². The smallest absolute Gasteiger partial charge is 0.410 e. The minimum Gasteiger partial charge on any atom is -0.444 e. The summed E-state index contributed by atoms with van der Waals surface area (Å²) in [5, 5.41) is 3.14. The van der Waals surface area contributed by atoms with E-state index in [2.05, 4.69) is 20.3 Å². The Labute approximate surface area is 196 Å². The third-order valence-electron chi connectivity index (χ3n) is 5.42. The molecule has 1 fully saturated rings. The zero-order valence-electron chi connectivity index (χ0n) is 19.6. The average molecular weight is 471 g/mol. The molecule has 2 aromatic heterocycles. The Kier molecular flexibility index (Phi) is 6.24. The lowest BCUT2D eigenvalue weighted by atomic mass is 10.0. The zero-order valence-corrected chi connectivity index (χ0v) is 19.6. The predicted molar refractivity (Wildman–Crippen MR) is 127 cm³/mol. The fourth-order valence-corrected chi connectivity index (χ4v) is 3.89. The first-order chi connectivity index (χ1) is 16.0. The topological polar surface area (TPSA) is 106 Å². The summed E-state index contributed by atoms with van der Waals surface area (Å²) in [5.74, 6) is -0.196. The zero-order chi connectivity index (χ0) is 24.6. The lowest BCUT2D eigenvalue weighted by Crippen LogP contribution is -2.51. The van der Waals surface area contributed by atoms with Crippen molar-refractivity contribution in [2.24, 2.45) is 0 Å². The predicted octanol–water partition coefficient (Wildman–Crippen LogP) is 4.48. The Morgan fingerprint density at radius 3 is 2.71 bits per heavy atom. The molecule has 34 heavy (non-hydrogen) atoms. The van der Waals surface area contributed by atoms with Crippen LogP contribution in [0.3, 0.4) is 0 Å². The number of hydrogen-bond acceptors (Lipinski definition) is 7. The molecule has 1 saturated heterocycles. The molecule has 2 atom stereocenters. The molecule has 1 aliphatic heterocycles. The third-order valence-corrected chi connectivity index (χ3v) is 5.42. The number of nitrogens with two attached hydrogens (primary N) is 1. The van der Waals surface area contributed by atoms with Crippen LogP contribution in [-0.4, -0.2) is 56.8 Å². The molecule has 0 bridgehead atoms. The van der Waals surface area contributed by atoms with Crippen LogP contribution in [0.4, 0.5) is 25.2 Å². The summed E-state index contributed by atoms with van der Waals surface area (Å²) in [5.41, 5.74) is 8.14. The number of nitrogens with zero attached hydrogens (tertiary/aromatic N) is 4. The van der Waals surface area contributed by atoms with Crippen LogP contribution < -0.4 is 11.1 Å². The van der Waals surface area contributed by atoms with Gasteiger partial charge in [0.1, 0.15) is 23.1 Å². The molecule has 180 valence electrons. The van der Waals surface area contributed by atoms with Gasteiger partial charge >= 0.3 is 6.09 Å². The highest BCUT2D eigenvalue weighted by Gasteiger charge is 2.33. The van der Waals surface area contributed by atoms with Crippen molar-refractivity contribution in [1.82, 2.24) is 19.9 Å². The van der Waals surface area contributed by atoms with Gasteiger partial charge in [-0.05, 0) is 51.5 Å². The first kappa shape index (κ1) is 23.6. The van der Waals surface area contributed by atoms with Crippen molar-refractivity contribution in [3.8, 4) is 11.3 Å². The summed E-state index contributed by atoms with van der Waals surface area (Å²) in [4.78, 5) is 27.2.